The number of fused-ring (bicyclic) bond motifs is 6. The Labute approximate surface area is 217 Å². The Morgan fingerprint density at radius 2 is 2.00 bits per heavy atom. The largest absolute Gasteiger partial charge is 0.462 e. The molecule has 194 valence electrons. The standard InChI is InChI=1S/C29H39N3O3S/c1-4-35-27(34)23-24(30)22-18(14-36-26(22)32-25(23)31)20-8-7-19-17-6-5-15-13-16(33)9-11-28(15,2)21(17)10-12-29(19,20)3/h5,14,16-17,19-21,33H,4,6-13H2,1-3H3,(H4,30,31,32)/t16-,17-,19-,20?,21-,28-,29-/m0/s1. The molecule has 0 aromatic carbocycles. The minimum absolute atomic E-state index is 0.151. The molecular formula is C29H39N3O3S. The molecule has 0 bridgehead atoms. The molecule has 6 nitrogen and oxygen atoms in total. The first-order valence-electron chi connectivity index (χ1n) is 13.7. The van der Waals surface area contributed by atoms with Crippen LogP contribution in [0.25, 0.3) is 10.2 Å². The number of aliphatic hydroxyl groups excluding tert-OH is 1. The Morgan fingerprint density at radius 1 is 1.19 bits per heavy atom. The van der Waals surface area contributed by atoms with Crippen molar-refractivity contribution in [3.8, 4) is 0 Å². The summed E-state index contributed by atoms with van der Waals surface area (Å²) in [5, 5.41) is 13.4. The maximum atomic E-state index is 12.7. The van der Waals surface area contributed by atoms with E-state index < -0.39 is 5.97 Å². The Balaban J connectivity index is 1.37. The number of carbonyl (C=O) groups excluding carboxylic acids is 1. The minimum atomic E-state index is -0.495. The topological polar surface area (TPSA) is 111 Å². The zero-order valence-electron chi connectivity index (χ0n) is 21.7. The summed E-state index contributed by atoms with van der Waals surface area (Å²) in [6.07, 6.45) is 11.2. The Kier molecular flexibility index (Phi) is 5.69. The molecule has 2 heterocycles. The molecule has 4 aliphatic carbocycles. The van der Waals surface area contributed by atoms with Crippen LogP contribution in [0.3, 0.4) is 0 Å². The van der Waals surface area contributed by atoms with Crippen molar-refractivity contribution in [3.05, 3.63) is 28.2 Å². The smallest absolute Gasteiger partial charge is 0.344 e. The van der Waals surface area contributed by atoms with Crippen molar-refractivity contribution in [2.24, 2.45) is 28.6 Å². The lowest BCUT2D eigenvalue weighted by Crippen LogP contribution is -2.50. The zero-order valence-corrected chi connectivity index (χ0v) is 22.5. The molecule has 2 aromatic heterocycles. The van der Waals surface area contributed by atoms with E-state index >= 15 is 0 Å². The van der Waals surface area contributed by atoms with E-state index in [1.54, 1.807) is 18.3 Å². The highest BCUT2D eigenvalue weighted by Gasteiger charge is 2.59. The van der Waals surface area contributed by atoms with Crippen molar-refractivity contribution in [3.63, 3.8) is 0 Å². The zero-order chi connectivity index (χ0) is 25.4. The molecule has 3 fully saturated rings. The van der Waals surface area contributed by atoms with E-state index in [-0.39, 0.29) is 34.9 Å². The van der Waals surface area contributed by atoms with Crippen molar-refractivity contribution < 1.29 is 14.6 Å². The van der Waals surface area contributed by atoms with Crippen molar-refractivity contribution in [2.45, 2.75) is 84.2 Å². The summed E-state index contributed by atoms with van der Waals surface area (Å²) in [6, 6.07) is 0. The van der Waals surface area contributed by atoms with Gasteiger partial charge in [-0.15, -0.1) is 11.3 Å². The van der Waals surface area contributed by atoms with E-state index in [1.807, 2.05) is 0 Å². The first-order valence-corrected chi connectivity index (χ1v) is 14.6. The summed E-state index contributed by atoms with van der Waals surface area (Å²) in [6.45, 7) is 7.04. The molecule has 7 heteroatoms. The fourth-order valence-corrected chi connectivity index (χ4v) is 9.99. The van der Waals surface area contributed by atoms with Crippen LogP contribution in [0.15, 0.2) is 17.0 Å². The monoisotopic (exact) mass is 509 g/mol. The average molecular weight is 510 g/mol. The maximum Gasteiger partial charge on any atom is 0.344 e. The highest BCUT2D eigenvalue weighted by atomic mass is 32.1. The number of aromatic nitrogens is 1. The molecule has 0 amide bonds. The molecular weight excluding hydrogens is 470 g/mol. The maximum absolute atomic E-state index is 12.7. The molecule has 7 atom stereocenters. The number of anilines is 2. The number of ether oxygens (including phenoxy) is 1. The van der Waals surface area contributed by atoms with E-state index in [0.717, 1.165) is 42.3 Å². The number of nitrogen functional groups attached to an aromatic ring is 2. The molecule has 2 aromatic rings. The molecule has 36 heavy (non-hydrogen) atoms. The number of pyridine rings is 1. The third-order valence-corrected chi connectivity index (χ3v) is 11.6. The predicted molar refractivity (Wildman–Crippen MR) is 145 cm³/mol. The summed E-state index contributed by atoms with van der Waals surface area (Å²) in [7, 11) is 0. The van der Waals surface area contributed by atoms with Crippen molar-refractivity contribution in [1.29, 1.82) is 0 Å². The molecule has 0 spiro atoms. The summed E-state index contributed by atoms with van der Waals surface area (Å²) in [4.78, 5) is 18.0. The van der Waals surface area contributed by atoms with Gasteiger partial charge in [0, 0.05) is 5.39 Å². The van der Waals surface area contributed by atoms with Gasteiger partial charge in [0.05, 0.1) is 18.4 Å². The molecule has 3 saturated carbocycles. The molecule has 1 unspecified atom stereocenters. The van der Waals surface area contributed by atoms with Crippen LogP contribution in [-0.4, -0.2) is 28.8 Å². The van der Waals surface area contributed by atoms with E-state index in [4.69, 9.17) is 16.2 Å². The quantitative estimate of drug-likeness (QED) is 0.343. The lowest BCUT2D eigenvalue weighted by Gasteiger charge is -2.58. The Hall–Kier alpha value is -2.12. The number of hydrogen-bond donors (Lipinski definition) is 3. The van der Waals surface area contributed by atoms with Gasteiger partial charge in [-0.3, -0.25) is 0 Å². The Bertz CT molecular complexity index is 1250. The van der Waals surface area contributed by atoms with Crippen LogP contribution in [-0.2, 0) is 4.74 Å². The third-order valence-electron chi connectivity index (χ3n) is 10.7. The Morgan fingerprint density at radius 3 is 2.78 bits per heavy atom. The fourth-order valence-electron chi connectivity index (χ4n) is 8.97. The van der Waals surface area contributed by atoms with Crippen molar-refractivity contribution in [1.82, 2.24) is 4.98 Å². The van der Waals surface area contributed by atoms with Crippen LogP contribution in [0.1, 0.15) is 94.0 Å². The second-order valence-electron chi connectivity index (χ2n) is 12.2. The first-order chi connectivity index (χ1) is 17.2. The van der Waals surface area contributed by atoms with E-state index in [2.05, 4.69) is 30.3 Å². The number of rotatable bonds is 3. The predicted octanol–water partition coefficient (Wildman–Crippen LogP) is 6.04. The van der Waals surface area contributed by atoms with E-state index in [9.17, 15) is 9.90 Å². The number of esters is 1. The SMILES string of the molecule is CCOC(=O)c1c(N)nc2scc(C3CC[C@H]4[C@@H]5CC=C6C[C@@H](O)CC[C@]6(C)[C@H]5CC[C@]34C)c2c1N. The van der Waals surface area contributed by atoms with Gasteiger partial charge < -0.3 is 21.3 Å². The van der Waals surface area contributed by atoms with Crippen LogP contribution in [0.5, 0.6) is 0 Å². The van der Waals surface area contributed by atoms with Gasteiger partial charge in [-0.25, -0.2) is 9.78 Å². The van der Waals surface area contributed by atoms with Gasteiger partial charge in [-0.05, 0) is 104 Å². The molecule has 0 radical (unpaired) electrons. The number of aliphatic hydroxyl groups is 1. The summed E-state index contributed by atoms with van der Waals surface area (Å²) in [5.41, 5.74) is 16.6. The number of thiophene rings is 1. The number of nitrogens with zero attached hydrogens (tertiary/aromatic N) is 1. The van der Waals surface area contributed by atoms with Crippen molar-refractivity contribution >= 4 is 39.0 Å². The number of nitrogens with two attached hydrogens (primary N) is 2. The van der Waals surface area contributed by atoms with Crippen LogP contribution in [0.2, 0.25) is 0 Å². The second kappa shape index (κ2) is 8.45. The van der Waals surface area contributed by atoms with Gasteiger partial charge in [-0.2, -0.15) is 0 Å². The third kappa shape index (κ3) is 3.31. The van der Waals surface area contributed by atoms with E-state index in [0.29, 0.717) is 29.4 Å². The lowest BCUT2D eigenvalue weighted by molar-refractivity contribution is -0.0408. The lowest BCUT2D eigenvalue weighted by atomic mass is 9.47. The highest BCUT2D eigenvalue weighted by molar-refractivity contribution is 7.17. The second-order valence-corrected chi connectivity index (χ2v) is 13.1. The average Bonchev–Trinajstić information content (AvgIpc) is 3.40. The molecule has 0 saturated heterocycles. The minimum Gasteiger partial charge on any atom is -0.462 e. The van der Waals surface area contributed by atoms with Gasteiger partial charge in [0.2, 0.25) is 0 Å². The summed E-state index contributed by atoms with van der Waals surface area (Å²) < 4.78 is 5.25. The van der Waals surface area contributed by atoms with Gasteiger partial charge in [0.25, 0.3) is 0 Å². The normalized spacial score (nSPS) is 37.7. The molecule has 4 aliphatic rings. The van der Waals surface area contributed by atoms with Crippen LogP contribution in [0.4, 0.5) is 11.5 Å². The summed E-state index contributed by atoms with van der Waals surface area (Å²) >= 11 is 1.58. The van der Waals surface area contributed by atoms with E-state index in [1.165, 1.54) is 30.4 Å². The molecule has 5 N–H and O–H groups in total. The van der Waals surface area contributed by atoms with Gasteiger partial charge in [0.1, 0.15) is 16.2 Å². The number of allylic oxidation sites excluding steroid dienone is 1. The highest BCUT2D eigenvalue weighted by Crippen LogP contribution is 2.68. The number of hydrogen-bond acceptors (Lipinski definition) is 7. The number of carbonyl (C=O) groups is 1. The molecule has 6 rings (SSSR count). The summed E-state index contributed by atoms with van der Waals surface area (Å²) in [5.74, 6) is 2.13. The molecule has 0 aliphatic heterocycles. The van der Waals surface area contributed by atoms with Gasteiger partial charge in [-0.1, -0.05) is 25.5 Å². The van der Waals surface area contributed by atoms with Crippen LogP contribution >= 0.6 is 11.3 Å². The van der Waals surface area contributed by atoms with Gasteiger partial charge in [0.15, 0.2) is 0 Å². The fraction of sp³-hybridized carbons (Fsp3) is 0.655. The van der Waals surface area contributed by atoms with Crippen molar-refractivity contribution in [2.75, 3.05) is 18.1 Å². The van der Waals surface area contributed by atoms with Crippen LogP contribution < -0.4 is 11.5 Å². The van der Waals surface area contributed by atoms with Gasteiger partial charge >= 0.3 is 5.97 Å². The van der Waals surface area contributed by atoms with Crippen LogP contribution in [0, 0.1) is 28.6 Å². The first kappa shape index (κ1) is 24.2.